The molecule has 5 aromatic rings. The zero-order chi connectivity index (χ0) is 32.6. The average Bonchev–Trinajstić information content (AvgIpc) is 3.57. The van der Waals surface area contributed by atoms with Crippen molar-refractivity contribution in [3.05, 3.63) is 156 Å². The smallest absolute Gasteiger partial charge is 0.272 e. The van der Waals surface area contributed by atoms with Crippen LogP contribution in [0.4, 0.5) is 15.8 Å². The molecule has 3 amide bonds. The van der Waals surface area contributed by atoms with Gasteiger partial charge in [0, 0.05) is 33.5 Å². The predicted octanol–water partition coefficient (Wildman–Crippen LogP) is 7.44. The number of amides is 3. The Bertz CT molecular complexity index is 1950. The molecule has 1 unspecified atom stereocenters. The third-order valence-corrected chi connectivity index (χ3v) is 8.31. The molecule has 0 aromatic heterocycles. The summed E-state index contributed by atoms with van der Waals surface area (Å²) in [6.07, 6.45) is 1.29. The summed E-state index contributed by atoms with van der Waals surface area (Å²) in [4.78, 5) is 40.8. The van der Waals surface area contributed by atoms with Crippen LogP contribution in [-0.4, -0.2) is 24.5 Å². The maximum absolute atomic E-state index is 14.5. The molecule has 234 valence electrons. The van der Waals surface area contributed by atoms with Gasteiger partial charge < -0.3 is 25.4 Å². The van der Waals surface area contributed by atoms with E-state index < -0.39 is 22.9 Å². The number of anilines is 2. The van der Waals surface area contributed by atoms with E-state index in [2.05, 4.69) is 16.0 Å². The molecule has 0 aliphatic carbocycles. The van der Waals surface area contributed by atoms with Crippen LogP contribution < -0.4 is 25.4 Å². The molecule has 10 heteroatoms. The molecular weight excluding hydrogens is 617 g/mol. The van der Waals surface area contributed by atoms with E-state index in [4.69, 9.17) is 9.47 Å². The minimum absolute atomic E-state index is 0.127. The molecule has 0 fully saturated rings. The minimum atomic E-state index is -0.653. The number of hydrogen-bond donors (Lipinski definition) is 3. The highest BCUT2D eigenvalue weighted by molar-refractivity contribution is 8.00. The van der Waals surface area contributed by atoms with Crippen molar-refractivity contribution < 1.29 is 28.2 Å². The first-order valence-electron chi connectivity index (χ1n) is 14.6. The summed E-state index contributed by atoms with van der Waals surface area (Å²) in [5, 5.41) is 7.74. The first-order valence-corrected chi connectivity index (χ1v) is 15.5. The summed E-state index contributed by atoms with van der Waals surface area (Å²) in [6, 6.07) is 35.9. The van der Waals surface area contributed by atoms with Gasteiger partial charge in [0.1, 0.15) is 16.8 Å². The minimum Gasteiger partial charge on any atom is -0.454 e. The largest absolute Gasteiger partial charge is 0.454 e. The van der Waals surface area contributed by atoms with Crippen molar-refractivity contribution in [3.63, 3.8) is 0 Å². The number of carbonyl (C=O) groups excluding carboxylic acids is 3. The highest BCUT2D eigenvalue weighted by Gasteiger charge is 2.24. The molecule has 0 saturated carbocycles. The van der Waals surface area contributed by atoms with Crippen LogP contribution in [0.1, 0.15) is 26.7 Å². The summed E-state index contributed by atoms with van der Waals surface area (Å²) in [6.45, 7) is 0.127. The summed E-state index contributed by atoms with van der Waals surface area (Å²) >= 11 is 1.30. The molecule has 1 atom stereocenters. The summed E-state index contributed by atoms with van der Waals surface area (Å²) < 4.78 is 25.4. The molecule has 0 bridgehead atoms. The fraction of sp³-hybridized carbons (Fsp3) is 0.0541. The SMILES string of the molecule is O=C(Nc1cccc(SC(C(=O)Nc2ccc3c(c2)OCO3)c2ccccc2)c1)/C(=C/c1ccccc1F)NC(=O)c1ccccc1. The highest BCUT2D eigenvalue weighted by Crippen LogP contribution is 2.39. The van der Waals surface area contributed by atoms with Crippen LogP contribution in [0.5, 0.6) is 11.5 Å². The van der Waals surface area contributed by atoms with E-state index in [0.29, 0.717) is 33.3 Å². The number of thioether (sulfide) groups is 1. The van der Waals surface area contributed by atoms with E-state index in [-0.39, 0.29) is 24.0 Å². The van der Waals surface area contributed by atoms with Crippen LogP contribution in [0, 0.1) is 5.82 Å². The second kappa shape index (κ2) is 14.5. The monoisotopic (exact) mass is 645 g/mol. The Balaban J connectivity index is 1.22. The second-order valence-corrected chi connectivity index (χ2v) is 11.5. The molecule has 1 aliphatic heterocycles. The fourth-order valence-electron chi connectivity index (χ4n) is 4.75. The number of halogens is 1. The Morgan fingerprint density at radius 1 is 0.723 bits per heavy atom. The number of carbonyl (C=O) groups is 3. The van der Waals surface area contributed by atoms with Crippen molar-refractivity contribution in [1.82, 2.24) is 5.32 Å². The van der Waals surface area contributed by atoms with Gasteiger partial charge in [-0.2, -0.15) is 0 Å². The van der Waals surface area contributed by atoms with Gasteiger partial charge in [0.25, 0.3) is 11.8 Å². The lowest BCUT2D eigenvalue weighted by Crippen LogP contribution is -2.30. The number of benzene rings is 5. The maximum atomic E-state index is 14.5. The Morgan fingerprint density at radius 2 is 1.43 bits per heavy atom. The number of hydrogen-bond acceptors (Lipinski definition) is 6. The van der Waals surface area contributed by atoms with Crippen molar-refractivity contribution in [2.45, 2.75) is 10.1 Å². The number of nitrogens with one attached hydrogen (secondary N) is 3. The van der Waals surface area contributed by atoms with Gasteiger partial charge in [-0.3, -0.25) is 14.4 Å². The maximum Gasteiger partial charge on any atom is 0.272 e. The van der Waals surface area contributed by atoms with Gasteiger partial charge in [-0.1, -0.05) is 72.8 Å². The third-order valence-electron chi connectivity index (χ3n) is 7.06. The molecule has 8 nitrogen and oxygen atoms in total. The zero-order valence-corrected chi connectivity index (χ0v) is 25.6. The third kappa shape index (κ3) is 7.86. The van der Waals surface area contributed by atoms with E-state index in [9.17, 15) is 18.8 Å². The van der Waals surface area contributed by atoms with Crippen molar-refractivity contribution in [2.75, 3.05) is 17.4 Å². The van der Waals surface area contributed by atoms with Crippen LogP contribution >= 0.6 is 11.8 Å². The van der Waals surface area contributed by atoms with E-state index in [1.54, 1.807) is 72.8 Å². The Labute approximate surface area is 274 Å². The first kappa shape index (κ1) is 31.1. The van der Waals surface area contributed by atoms with Crippen LogP contribution in [-0.2, 0) is 9.59 Å². The number of rotatable bonds is 10. The van der Waals surface area contributed by atoms with Crippen molar-refractivity contribution in [2.24, 2.45) is 0 Å². The summed E-state index contributed by atoms with van der Waals surface area (Å²) in [7, 11) is 0. The first-order chi connectivity index (χ1) is 22.9. The summed E-state index contributed by atoms with van der Waals surface area (Å²) in [5.41, 5.74) is 2.08. The zero-order valence-electron chi connectivity index (χ0n) is 24.8. The predicted molar refractivity (Wildman–Crippen MR) is 180 cm³/mol. The van der Waals surface area contributed by atoms with Gasteiger partial charge in [-0.25, -0.2) is 4.39 Å². The second-order valence-electron chi connectivity index (χ2n) is 10.3. The molecule has 5 aromatic carbocycles. The van der Waals surface area contributed by atoms with Gasteiger partial charge in [0.15, 0.2) is 11.5 Å². The van der Waals surface area contributed by atoms with Gasteiger partial charge in [-0.05, 0) is 60.2 Å². The molecule has 1 aliphatic rings. The fourth-order valence-corrected chi connectivity index (χ4v) is 5.84. The lowest BCUT2D eigenvalue weighted by Gasteiger charge is -2.18. The van der Waals surface area contributed by atoms with Crippen LogP contribution in [0.3, 0.4) is 0 Å². The molecule has 1 heterocycles. The van der Waals surface area contributed by atoms with Crippen LogP contribution in [0.25, 0.3) is 6.08 Å². The Kier molecular flexibility index (Phi) is 9.59. The van der Waals surface area contributed by atoms with Crippen molar-refractivity contribution in [1.29, 1.82) is 0 Å². The molecule has 3 N–H and O–H groups in total. The Hall–Kier alpha value is -5.87. The molecular formula is C37H28FN3O5S. The summed E-state index contributed by atoms with van der Waals surface area (Å²) in [5.74, 6) is -0.808. The molecule has 6 rings (SSSR count). The van der Waals surface area contributed by atoms with E-state index in [1.807, 2.05) is 36.4 Å². The number of ether oxygens (including phenoxy) is 2. The van der Waals surface area contributed by atoms with E-state index in [0.717, 1.165) is 5.56 Å². The van der Waals surface area contributed by atoms with Crippen LogP contribution in [0.2, 0.25) is 0 Å². The topological polar surface area (TPSA) is 106 Å². The normalized spacial score (nSPS) is 12.6. The quantitative estimate of drug-likeness (QED) is 0.108. The van der Waals surface area contributed by atoms with Gasteiger partial charge in [0.2, 0.25) is 12.7 Å². The molecule has 0 spiro atoms. The lowest BCUT2D eigenvalue weighted by atomic mass is 10.1. The van der Waals surface area contributed by atoms with E-state index in [1.165, 1.54) is 36.0 Å². The van der Waals surface area contributed by atoms with Crippen molar-refractivity contribution >= 4 is 46.9 Å². The molecule has 47 heavy (non-hydrogen) atoms. The molecule has 0 radical (unpaired) electrons. The van der Waals surface area contributed by atoms with Crippen LogP contribution in [0.15, 0.2) is 138 Å². The lowest BCUT2D eigenvalue weighted by molar-refractivity contribution is -0.116. The Morgan fingerprint density at radius 3 is 2.21 bits per heavy atom. The standard InChI is InChI=1S/C37H28FN3O5S/c38-30-17-8-7-14-26(30)20-31(41-35(42)25-12-5-2-6-13-25)36(43)39-27-15-9-16-29(21-27)47-34(24-10-3-1-4-11-24)37(44)40-28-18-19-32-33(22-28)46-23-45-32/h1-22,34H,23H2,(H,39,43)(H,40,44)(H,41,42)/b31-20-. The van der Waals surface area contributed by atoms with Crippen molar-refractivity contribution in [3.8, 4) is 11.5 Å². The highest BCUT2D eigenvalue weighted by atomic mass is 32.2. The van der Waals surface area contributed by atoms with E-state index >= 15 is 0 Å². The molecule has 0 saturated heterocycles. The van der Waals surface area contributed by atoms with Gasteiger partial charge in [0.05, 0.1) is 0 Å². The number of fused-ring (bicyclic) bond motifs is 1. The van der Waals surface area contributed by atoms with Gasteiger partial charge in [-0.15, -0.1) is 11.8 Å². The van der Waals surface area contributed by atoms with Gasteiger partial charge >= 0.3 is 0 Å². The average molecular weight is 646 g/mol.